The number of sulfone groups is 1. The van der Waals surface area contributed by atoms with E-state index in [9.17, 15) is 13.2 Å². The fourth-order valence-electron chi connectivity index (χ4n) is 1.98. The van der Waals surface area contributed by atoms with E-state index in [1.54, 1.807) is 26.0 Å². The van der Waals surface area contributed by atoms with Gasteiger partial charge in [-0.3, -0.25) is 4.79 Å². The molecule has 0 saturated carbocycles. The van der Waals surface area contributed by atoms with Crippen molar-refractivity contribution in [2.24, 2.45) is 0 Å². The van der Waals surface area contributed by atoms with Crippen LogP contribution >= 0.6 is 11.6 Å². The molecule has 0 spiro atoms. The summed E-state index contributed by atoms with van der Waals surface area (Å²) >= 11 is 5.72. The molecule has 1 saturated heterocycles. The number of hydrogen-bond acceptors (Lipinski definition) is 4. The highest BCUT2D eigenvalue weighted by Crippen LogP contribution is 2.24. The van der Waals surface area contributed by atoms with Crippen LogP contribution in [0.15, 0.2) is 18.3 Å². The van der Waals surface area contributed by atoms with Crippen molar-refractivity contribution in [3.8, 4) is 0 Å². The Morgan fingerprint density at radius 1 is 1.42 bits per heavy atom. The summed E-state index contributed by atoms with van der Waals surface area (Å²) in [6.45, 7) is 3.65. The van der Waals surface area contributed by atoms with Crippen molar-refractivity contribution in [2.45, 2.75) is 18.6 Å². The van der Waals surface area contributed by atoms with Crippen molar-refractivity contribution in [3.63, 3.8) is 0 Å². The summed E-state index contributed by atoms with van der Waals surface area (Å²) in [7, 11) is -3.15. The predicted molar refractivity (Wildman–Crippen MR) is 73.0 cm³/mol. The first-order chi connectivity index (χ1) is 8.73. The van der Waals surface area contributed by atoms with E-state index < -0.39 is 14.6 Å². The zero-order valence-corrected chi connectivity index (χ0v) is 12.3. The van der Waals surface area contributed by atoms with Gasteiger partial charge in [0.2, 0.25) is 0 Å². The monoisotopic (exact) mass is 302 g/mol. The van der Waals surface area contributed by atoms with E-state index in [2.05, 4.69) is 4.98 Å². The normalized spacial score (nSPS) is 21.1. The number of nitrogens with zero attached hydrogens (tertiary/aromatic N) is 2. The second-order valence-corrected chi connectivity index (χ2v) is 8.35. The molecule has 5 nitrogen and oxygen atoms in total. The highest BCUT2D eigenvalue weighted by Gasteiger charge is 2.41. The molecule has 1 aromatic rings. The summed E-state index contributed by atoms with van der Waals surface area (Å²) in [6, 6.07) is 3.13. The van der Waals surface area contributed by atoms with Gasteiger partial charge >= 0.3 is 0 Å². The Hall–Kier alpha value is -1.14. The Labute approximate surface area is 117 Å². The SMILES string of the molecule is CC1(C)CN(C(=O)c2ccc(Cl)cn2)CCS1(=O)=O. The van der Waals surface area contributed by atoms with Gasteiger partial charge in [0.1, 0.15) is 5.69 Å². The molecule has 7 heteroatoms. The highest BCUT2D eigenvalue weighted by molar-refractivity contribution is 7.92. The summed E-state index contributed by atoms with van der Waals surface area (Å²) in [5.74, 6) is -0.279. The number of rotatable bonds is 1. The van der Waals surface area contributed by atoms with Crippen molar-refractivity contribution in [1.82, 2.24) is 9.88 Å². The zero-order valence-electron chi connectivity index (χ0n) is 10.8. The molecule has 1 fully saturated rings. The fraction of sp³-hybridized carbons (Fsp3) is 0.500. The first kappa shape index (κ1) is 14.3. The maximum Gasteiger partial charge on any atom is 0.272 e. The van der Waals surface area contributed by atoms with Gasteiger partial charge < -0.3 is 4.90 Å². The van der Waals surface area contributed by atoms with Crippen LogP contribution in [-0.2, 0) is 9.84 Å². The molecule has 2 heterocycles. The van der Waals surface area contributed by atoms with Crippen molar-refractivity contribution in [1.29, 1.82) is 0 Å². The summed E-state index contributed by atoms with van der Waals surface area (Å²) in [6.07, 6.45) is 1.40. The van der Waals surface area contributed by atoms with E-state index in [0.29, 0.717) is 5.02 Å². The average Bonchev–Trinajstić information content (AvgIpc) is 2.33. The van der Waals surface area contributed by atoms with Gasteiger partial charge in [-0.05, 0) is 26.0 Å². The van der Waals surface area contributed by atoms with Crippen LogP contribution in [0.25, 0.3) is 0 Å². The summed E-state index contributed by atoms with van der Waals surface area (Å²) in [5.41, 5.74) is 0.277. The summed E-state index contributed by atoms with van der Waals surface area (Å²) < 4.78 is 22.8. The van der Waals surface area contributed by atoms with Gasteiger partial charge in [0.15, 0.2) is 9.84 Å². The van der Waals surface area contributed by atoms with Crippen LogP contribution < -0.4 is 0 Å². The molecule has 1 aliphatic rings. The number of halogens is 1. The zero-order chi connectivity index (χ0) is 14.3. The van der Waals surface area contributed by atoms with E-state index in [4.69, 9.17) is 11.6 Å². The number of hydrogen-bond donors (Lipinski definition) is 0. The lowest BCUT2D eigenvalue weighted by molar-refractivity contribution is 0.0737. The third-order valence-electron chi connectivity index (χ3n) is 3.28. The Balaban J connectivity index is 2.20. The average molecular weight is 303 g/mol. The van der Waals surface area contributed by atoms with Crippen LogP contribution in [0, 0.1) is 0 Å². The number of amides is 1. The second kappa shape index (κ2) is 4.76. The molecule has 0 unspecified atom stereocenters. The number of aromatic nitrogens is 1. The number of carbonyl (C=O) groups is 1. The van der Waals surface area contributed by atoms with Gasteiger partial charge in [0.05, 0.1) is 15.5 Å². The molecule has 0 atom stereocenters. The molecule has 0 bridgehead atoms. The minimum absolute atomic E-state index is 0.0146. The van der Waals surface area contributed by atoms with E-state index in [-0.39, 0.29) is 30.4 Å². The van der Waals surface area contributed by atoms with Crippen molar-refractivity contribution in [3.05, 3.63) is 29.0 Å². The predicted octanol–water partition coefficient (Wildman–Crippen LogP) is 1.38. The Morgan fingerprint density at radius 3 is 2.63 bits per heavy atom. The Kier molecular flexibility index (Phi) is 3.57. The first-order valence-electron chi connectivity index (χ1n) is 5.86. The van der Waals surface area contributed by atoms with Gasteiger partial charge in [0, 0.05) is 19.3 Å². The molecule has 1 aliphatic heterocycles. The van der Waals surface area contributed by atoms with E-state index in [1.807, 2.05) is 0 Å². The molecule has 0 N–H and O–H groups in total. The first-order valence-corrected chi connectivity index (χ1v) is 7.89. The lowest BCUT2D eigenvalue weighted by Gasteiger charge is -2.37. The van der Waals surface area contributed by atoms with E-state index in [1.165, 1.54) is 11.1 Å². The third kappa shape index (κ3) is 2.74. The van der Waals surface area contributed by atoms with Crippen LogP contribution in [0.4, 0.5) is 0 Å². The van der Waals surface area contributed by atoms with Gasteiger partial charge in [0.25, 0.3) is 5.91 Å². The molecule has 2 rings (SSSR count). The van der Waals surface area contributed by atoms with Crippen LogP contribution in [0.3, 0.4) is 0 Å². The van der Waals surface area contributed by atoms with Crippen molar-refractivity contribution < 1.29 is 13.2 Å². The Morgan fingerprint density at radius 2 is 2.11 bits per heavy atom. The lowest BCUT2D eigenvalue weighted by atomic mass is 10.1. The smallest absolute Gasteiger partial charge is 0.272 e. The minimum Gasteiger partial charge on any atom is -0.335 e. The Bertz CT molecular complexity index is 596. The van der Waals surface area contributed by atoms with Gasteiger partial charge in [-0.1, -0.05) is 11.6 Å². The molecule has 1 aromatic heterocycles. The van der Waals surface area contributed by atoms with Crippen LogP contribution in [0.5, 0.6) is 0 Å². The largest absolute Gasteiger partial charge is 0.335 e. The van der Waals surface area contributed by atoms with Crippen LogP contribution in [-0.4, -0.2) is 47.8 Å². The van der Waals surface area contributed by atoms with E-state index >= 15 is 0 Å². The van der Waals surface area contributed by atoms with Crippen LogP contribution in [0.2, 0.25) is 5.02 Å². The molecular formula is C12H15ClN2O3S. The minimum atomic E-state index is -3.15. The van der Waals surface area contributed by atoms with Crippen molar-refractivity contribution >= 4 is 27.3 Å². The van der Waals surface area contributed by atoms with E-state index in [0.717, 1.165) is 0 Å². The molecule has 0 aliphatic carbocycles. The summed E-state index contributed by atoms with van der Waals surface area (Å²) in [5, 5.41) is 0.457. The maximum atomic E-state index is 12.2. The molecule has 104 valence electrons. The third-order valence-corrected chi connectivity index (χ3v) is 6.03. The highest BCUT2D eigenvalue weighted by atomic mass is 35.5. The standard InChI is InChI=1S/C12H15ClN2O3S/c1-12(2)8-15(5-6-19(12,17)18)11(16)10-4-3-9(13)7-14-10/h3-4,7H,5-6,8H2,1-2H3. The number of carbonyl (C=O) groups excluding carboxylic acids is 1. The molecule has 19 heavy (non-hydrogen) atoms. The fourth-order valence-corrected chi connectivity index (χ4v) is 3.46. The van der Waals surface area contributed by atoms with Crippen LogP contribution in [0.1, 0.15) is 24.3 Å². The molecule has 1 amide bonds. The maximum absolute atomic E-state index is 12.2. The second-order valence-electron chi connectivity index (χ2n) is 5.17. The van der Waals surface area contributed by atoms with Gasteiger partial charge in [-0.25, -0.2) is 13.4 Å². The molecule has 0 radical (unpaired) electrons. The summed E-state index contributed by atoms with van der Waals surface area (Å²) in [4.78, 5) is 17.7. The number of pyridine rings is 1. The molecular weight excluding hydrogens is 288 g/mol. The van der Waals surface area contributed by atoms with Gasteiger partial charge in [-0.15, -0.1) is 0 Å². The van der Waals surface area contributed by atoms with Gasteiger partial charge in [-0.2, -0.15) is 0 Å². The molecule has 0 aromatic carbocycles. The quantitative estimate of drug-likeness (QED) is 0.786. The van der Waals surface area contributed by atoms with Crippen molar-refractivity contribution in [2.75, 3.05) is 18.8 Å². The topological polar surface area (TPSA) is 67.3 Å². The lowest BCUT2D eigenvalue weighted by Crippen LogP contribution is -2.54.